The molecule has 3 rings (SSSR count). The second-order valence-electron chi connectivity index (χ2n) is 5.90. The smallest absolute Gasteiger partial charge is 0.124 e. The highest BCUT2D eigenvalue weighted by molar-refractivity contribution is 9.10. The van der Waals surface area contributed by atoms with Crippen molar-refractivity contribution in [3.05, 3.63) is 63.1 Å². The summed E-state index contributed by atoms with van der Waals surface area (Å²) in [5, 5.41) is 11.6. The average molecular weight is 412 g/mol. The van der Waals surface area contributed by atoms with Crippen LogP contribution < -0.4 is 4.74 Å². The first kappa shape index (κ1) is 17.7. The number of hydrogen-bond donors (Lipinski definition) is 1. The molecule has 0 atom stereocenters. The van der Waals surface area contributed by atoms with Gasteiger partial charge in [0.15, 0.2) is 0 Å². The molecule has 0 aromatic heterocycles. The van der Waals surface area contributed by atoms with Crippen LogP contribution in [0.15, 0.2) is 46.9 Å². The third-order valence-corrected chi connectivity index (χ3v) is 4.82. The molecule has 2 aromatic rings. The van der Waals surface area contributed by atoms with Crippen LogP contribution in [-0.2, 0) is 13.2 Å². The first-order chi connectivity index (χ1) is 11.6. The molecule has 0 saturated carbocycles. The van der Waals surface area contributed by atoms with Gasteiger partial charge in [0.25, 0.3) is 0 Å². The summed E-state index contributed by atoms with van der Waals surface area (Å²) in [6.07, 6.45) is 0. The maximum absolute atomic E-state index is 9.49. The molecule has 1 aliphatic rings. The van der Waals surface area contributed by atoms with Gasteiger partial charge in [-0.3, -0.25) is 4.90 Å². The highest BCUT2D eigenvalue weighted by atomic mass is 79.9. The minimum atomic E-state index is 0.510. The van der Waals surface area contributed by atoms with Crippen LogP contribution in [0.25, 0.3) is 0 Å². The minimum absolute atomic E-state index is 0.510. The molecular weight excluding hydrogens is 392 g/mol. The zero-order chi connectivity index (χ0) is 16.9. The van der Waals surface area contributed by atoms with Crippen LogP contribution in [0.1, 0.15) is 11.1 Å². The van der Waals surface area contributed by atoms with Crippen molar-refractivity contribution in [2.45, 2.75) is 13.2 Å². The third-order valence-electron chi connectivity index (χ3n) is 4.07. The van der Waals surface area contributed by atoms with E-state index in [4.69, 9.17) is 16.3 Å². The van der Waals surface area contributed by atoms with Crippen molar-refractivity contribution < 1.29 is 9.94 Å². The number of hydrogen-bond acceptors (Lipinski definition) is 4. The lowest BCUT2D eigenvalue weighted by Crippen LogP contribution is -2.44. The standard InChI is InChI=1S/C18H20BrClN2O2/c19-16-3-6-18(24-13-14-1-4-17(20)5-2-14)15(11-16)12-21-7-9-22(23)10-8-21/h1-6,11,23H,7-10,12-13H2. The topological polar surface area (TPSA) is 35.9 Å². The van der Waals surface area contributed by atoms with Crippen LogP contribution in [0, 0.1) is 0 Å². The molecule has 0 aliphatic carbocycles. The lowest BCUT2D eigenvalue weighted by molar-refractivity contribution is -0.118. The van der Waals surface area contributed by atoms with E-state index in [1.54, 1.807) is 0 Å². The van der Waals surface area contributed by atoms with Crippen LogP contribution in [0.3, 0.4) is 0 Å². The number of hydroxylamine groups is 2. The average Bonchev–Trinajstić information content (AvgIpc) is 2.58. The molecule has 128 valence electrons. The fourth-order valence-electron chi connectivity index (χ4n) is 2.69. The predicted molar refractivity (Wildman–Crippen MR) is 98.6 cm³/mol. The molecule has 1 N–H and O–H groups in total. The summed E-state index contributed by atoms with van der Waals surface area (Å²) in [7, 11) is 0. The van der Waals surface area contributed by atoms with E-state index in [2.05, 4.69) is 26.9 Å². The molecule has 1 aliphatic heterocycles. The van der Waals surface area contributed by atoms with E-state index >= 15 is 0 Å². The summed E-state index contributed by atoms with van der Waals surface area (Å²) in [6, 6.07) is 13.8. The summed E-state index contributed by atoms with van der Waals surface area (Å²) in [5.41, 5.74) is 2.23. The van der Waals surface area contributed by atoms with E-state index in [9.17, 15) is 5.21 Å². The number of ether oxygens (including phenoxy) is 1. The number of halogens is 2. The van der Waals surface area contributed by atoms with E-state index in [0.29, 0.717) is 19.7 Å². The molecule has 6 heteroatoms. The van der Waals surface area contributed by atoms with Crippen LogP contribution >= 0.6 is 27.5 Å². The Balaban J connectivity index is 1.67. The van der Waals surface area contributed by atoms with Gasteiger partial charge in [0, 0.05) is 47.8 Å². The molecule has 0 spiro atoms. The number of nitrogens with zero attached hydrogens (tertiary/aromatic N) is 2. The minimum Gasteiger partial charge on any atom is -0.489 e. The van der Waals surface area contributed by atoms with Crippen molar-refractivity contribution in [2.24, 2.45) is 0 Å². The Morgan fingerprint density at radius 1 is 1.04 bits per heavy atom. The van der Waals surface area contributed by atoms with Crippen LogP contribution in [0.2, 0.25) is 5.02 Å². The van der Waals surface area contributed by atoms with Crippen molar-refractivity contribution >= 4 is 27.5 Å². The molecule has 4 nitrogen and oxygen atoms in total. The Morgan fingerprint density at radius 2 is 1.75 bits per heavy atom. The molecule has 0 bridgehead atoms. The van der Waals surface area contributed by atoms with Gasteiger partial charge in [0.2, 0.25) is 0 Å². The van der Waals surface area contributed by atoms with Crippen molar-refractivity contribution in [2.75, 3.05) is 26.2 Å². The highest BCUT2D eigenvalue weighted by Gasteiger charge is 2.17. The summed E-state index contributed by atoms with van der Waals surface area (Å²) < 4.78 is 7.07. The number of benzene rings is 2. The van der Waals surface area contributed by atoms with Crippen molar-refractivity contribution in [1.82, 2.24) is 9.96 Å². The van der Waals surface area contributed by atoms with Crippen molar-refractivity contribution in [3.63, 3.8) is 0 Å². The molecule has 1 saturated heterocycles. The van der Waals surface area contributed by atoms with Gasteiger partial charge in [-0.2, -0.15) is 5.06 Å². The van der Waals surface area contributed by atoms with Gasteiger partial charge in [-0.15, -0.1) is 0 Å². The summed E-state index contributed by atoms with van der Waals surface area (Å²) in [6.45, 7) is 4.36. The first-order valence-electron chi connectivity index (χ1n) is 7.92. The quantitative estimate of drug-likeness (QED) is 0.800. The van der Waals surface area contributed by atoms with Gasteiger partial charge in [0.1, 0.15) is 12.4 Å². The summed E-state index contributed by atoms with van der Waals surface area (Å²) in [4.78, 5) is 2.32. The molecule has 24 heavy (non-hydrogen) atoms. The molecule has 0 unspecified atom stereocenters. The maximum atomic E-state index is 9.49. The molecule has 0 radical (unpaired) electrons. The Labute approximate surface area is 155 Å². The van der Waals surface area contributed by atoms with Crippen LogP contribution in [-0.4, -0.2) is 41.3 Å². The molecule has 1 fully saturated rings. The fourth-order valence-corrected chi connectivity index (χ4v) is 3.22. The van der Waals surface area contributed by atoms with E-state index in [1.165, 1.54) is 5.06 Å². The van der Waals surface area contributed by atoms with Crippen molar-refractivity contribution in [3.8, 4) is 5.75 Å². The SMILES string of the molecule is ON1CCN(Cc2cc(Br)ccc2OCc2ccc(Cl)cc2)CC1. The molecule has 0 amide bonds. The third kappa shape index (κ3) is 4.94. The van der Waals surface area contributed by atoms with Gasteiger partial charge >= 0.3 is 0 Å². The van der Waals surface area contributed by atoms with Crippen molar-refractivity contribution in [1.29, 1.82) is 0 Å². The van der Waals surface area contributed by atoms with E-state index in [1.807, 2.05) is 36.4 Å². The summed E-state index contributed by atoms with van der Waals surface area (Å²) in [5.74, 6) is 0.888. The van der Waals surface area contributed by atoms with E-state index < -0.39 is 0 Å². The molecule has 1 heterocycles. The monoisotopic (exact) mass is 410 g/mol. The summed E-state index contributed by atoms with van der Waals surface area (Å²) >= 11 is 9.46. The van der Waals surface area contributed by atoms with Gasteiger partial charge in [0.05, 0.1) is 0 Å². The Bertz CT molecular complexity index is 673. The van der Waals surface area contributed by atoms with Crippen LogP contribution in [0.5, 0.6) is 5.75 Å². The second-order valence-corrected chi connectivity index (χ2v) is 7.25. The van der Waals surface area contributed by atoms with E-state index in [0.717, 1.165) is 46.0 Å². The van der Waals surface area contributed by atoms with Gasteiger partial charge < -0.3 is 9.94 Å². The normalized spacial score (nSPS) is 16.3. The maximum Gasteiger partial charge on any atom is 0.124 e. The largest absolute Gasteiger partial charge is 0.489 e. The fraction of sp³-hybridized carbons (Fsp3) is 0.333. The van der Waals surface area contributed by atoms with Crippen LogP contribution in [0.4, 0.5) is 0 Å². The van der Waals surface area contributed by atoms with E-state index in [-0.39, 0.29) is 0 Å². The Hall–Kier alpha value is -1.11. The number of rotatable bonds is 5. The lowest BCUT2D eigenvalue weighted by Gasteiger charge is -2.31. The Kier molecular flexibility index (Phi) is 6.14. The molecule has 2 aromatic carbocycles. The van der Waals surface area contributed by atoms with Gasteiger partial charge in [-0.1, -0.05) is 39.7 Å². The Morgan fingerprint density at radius 3 is 2.46 bits per heavy atom. The van der Waals surface area contributed by atoms with Gasteiger partial charge in [-0.25, -0.2) is 0 Å². The lowest BCUT2D eigenvalue weighted by atomic mass is 10.1. The zero-order valence-corrected chi connectivity index (χ0v) is 15.6. The molecular formula is C18H20BrClN2O2. The highest BCUT2D eigenvalue weighted by Crippen LogP contribution is 2.26. The predicted octanol–water partition coefficient (Wildman–Crippen LogP) is 4.19. The number of piperazine rings is 1. The van der Waals surface area contributed by atoms with Gasteiger partial charge in [-0.05, 0) is 35.9 Å². The first-order valence-corrected chi connectivity index (χ1v) is 9.09. The second kappa shape index (κ2) is 8.32. The zero-order valence-electron chi connectivity index (χ0n) is 13.3.